The third-order valence-electron chi connectivity index (χ3n) is 3.05. The van der Waals surface area contributed by atoms with Crippen molar-refractivity contribution < 1.29 is 4.74 Å². The van der Waals surface area contributed by atoms with Crippen molar-refractivity contribution in [1.82, 2.24) is 0 Å². The lowest BCUT2D eigenvalue weighted by molar-refractivity contribution is 0.179. The van der Waals surface area contributed by atoms with E-state index in [1.165, 1.54) is 29.5 Å². The standard InChI is InChI=1S/C14H18O/c1-11(10-15-2)13-9-5-7-12-6-3-4-8-14(12)13/h3-4,6,8-9,11H,5,7,10H2,1-2H3. The Hall–Kier alpha value is -1.08. The van der Waals surface area contributed by atoms with E-state index >= 15 is 0 Å². The van der Waals surface area contributed by atoms with Crippen LogP contribution in [0.4, 0.5) is 0 Å². The number of hydrogen-bond donors (Lipinski definition) is 0. The number of aryl methyl sites for hydroxylation is 1. The molecule has 0 fully saturated rings. The van der Waals surface area contributed by atoms with Gasteiger partial charge in [-0.25, -0.2) is 0 Å². The number of benzene rings is 1. The van der Waals surface area contributed by atoms with Gasteiger partial charge in [0.05, 0.1) is 6.61 Å². The fraction of sp³-hybridized carbons (Fsp3) is 0.429. The topological polar surface area (TPSA) is 9.23 Å². The maximum absolute atomic E-state index is 5.23. The van der Waals surface area contributed by atoms with Crippen LogP contribution in [0.1, 0.15) is 24.5 Å². The lowest BCUT2D eigenvalue weighted by Crippen LogP contribution is -2.10. The Labute approximate surface area is 91.8 Å². The predicted molar refractivity (Wildman–Crippen MR) is 63.8 cm³/mol. The molecule has 1 aromatic carbocycles. The Kier molecular flexibility index (Phi) is 3.22. The van der Waals surface area contributed by atoms with E-state index in [2.05, 4.69) is 37.3 Å². The average Bonchev–Trinajstić information content (AvgIpc) is 2.28. The number of fused-ring (bicyclic) bond motifs is 1. The van der Waals surface area contributed by atoms with Crippen molar-refractivity contribution in [3.63, 3.8) is 0 Å². The molecule has 2 rings (SSSR count). The lowest BCUT2D eigenvalue weighted by Gasteiger charge is -2.22. The van der Waals surface area contributed by atoms with Crippen molar-refractivity contribution >= 4 is 5.57 Å². The van der Waals surface area contributed by atoms with E-state index in [4.69, 9.17) is 4.74 Å². The molecule has 1 unspecified atom stereocenters. The van der Waals surface area contributed by atoms with Gasteiger partial charge in [-0.05, 0) is 29.5 Å². The van der Waals surface area contributed by atoms with E-state index in [-0.39, 0.29) is 0 Å². The number of rotatable bonds is 3. The minimum absolute atomic E-state index is 0.497. The van der Waals surface area contributed by atoms with E-state index < -0.39 is 0 Å². The highest BCUT2D eigenvalue weighted by Crippen LogP contribution is 2.31. The molecule has 1 heteroatoms. The molecule has 0 radical (unpaired) electrons. The smallest absolute Gasteiger partial charge is 0.0528 e. The second-order valence-corrected chi connectivity index (χ2v) is 4.21. The fourth-order valence-electron chi connectivity index (χ4n) is 2.32. The Morgan fingerprint density at radius 2 is 2.13 bits per heavy atom. The van der Waals surface area contributed by atoms with Crippen molar-refractivity contribution in [2.45, 2.75) is 19.8 Å². The van der Waals surface area contributed by atoms with Gasteiger partial charge >= 0.3 is 0 Å². The molecule has 0 heterocycles. The maximum atomic E-state index is 5.23. The van der Waals surface area contributed by atoms with E-state index in [0.29, 0.717) is 5.92 Å². The third kappa shape index (κ3) is 2.13. The monoisotopic (exact) mass is 202 g/mol. The van der Waals surface area contributed by atoms with Crippen LogP contribution in [0.5, 0.6) is 0 Å². The summed E-state index contributed by atoms with van der Waals surface area (Å²) < 4.78 is 5.23. The van der Waals surface area contributed by atoms with E-state index in [9.17, 15) is 0 Å². The summed E-state index contributed by atoms with van der Waals surface area (Å²) in [5, 5.41) is 0. The molecule has 0 bridgehead atoms. The van der Waals surface area contributed by atoms with Crippen LogP contribution in [0, 0.1) is 5.92 Å². The number of methoxy groups -OCH3 is 1. The molecule has 0 aromatic heterocycles. The van der Waals surface area contributed by atoms with Gasteiger partial charge in [-0.2, -0.15) is 0 Å². The molecule has 15 heavy (non-hydrogen) atoms. The Balaban J connectivity index is 2.30. The van der Waals surface area contributed by atoms with Crippen LogP contribution in [0.3, 0.4) is 0 Å². The second kappa shape index (κ2) is 4.63. The van der Waals surface area contributed by atoms with Gasteiger partial charge in [-0.3, -0.25) is 0 Å². The normalized spacial score (nSPS) is 16.8. The van der Waals surface area contributed by atoms with Gasteiger partial charge in [0.2, 0.25) is 0 Å². The summed E-state index contributed by atoms with van der Waals surface area (Å²) in [6.45, 7) is 3.04. The second-order valence-electron chi connectivity index (χ2n) is 4.21. The van der Waals surface area contributed by atoms with Crippen LogP contribution in [0.15, 0.2) is 30.3 Å². The molecule has 0 N–H and O–H groups in total. The molecule has 1 atom stereocenters. The largest absolute Gasteiger partial charge is 0.384 e. The first-order valence-corrected chi connectivity index (χ1v) is 5.60. The van der Waals surface area contributed by atoms with Crippen molar-refractivity contribution in [3.05, 3.63) is 41.5 Å². The van der Waals surface area contributed by atoms with Crippen molar-refractivity contribution in [1.29, 1.82) is 0 Å². The SMILES string of the molecule is COCC(C)C1=CCCc2ccccc21. The van der Waals surface area contributed by atoms with E-state index in [1.54, 1.807) is 7.11 Å². The Bertz CT molecular complexity index is 365. The predicted octanol–water partition coefficient (Wildman–Crippen LogP) is 3.30. The number of ether oxygens (including phenoxy) is 1. The van der Waals surface area contributed by atoms with Crippen LogP contribution in [-0.2, 0) is 11.2 Å². The van der Waals surface area contributed by atoms with Crippen LogP contribution < -0.4 is 0 Å². The molecular formula is C14H18O. The molecule has 1 aliphatic carbocycles. The Morgan fingerprint density at radius 3 is 2.93 bits per heavy atom. The minimum atomic E-state index is 0.497. The molecule has 0 saturated heterocycles. The third-order valence-corrected chi connectivity index (χ3v) is 3.05. The quantitative estimate of drug-likeness (QED) is 0.730. The first kappa shape index (κ1) is 10.4. The van der Waals surface area contributed by atoms with Gasteiger partial charge in [0, 0.05) is 13.0 Å². The van der Waals surface area contributed by atoms with E-state index in [0.717, 1.165) is 6.61 Å². The zero-order valence-electron chi connectivity index (χ0n) is 9.49. The van der Waals surface area contributed by atoms with Gasteiger partial charge in [0.15, 0.2) is 0 Å². The minimum Gasteiger partial charge on any atom is -0.384 e. The van der Waals surface area contributed by atoms with Crippen molar-refractivity contribution in [2.24, 2.45) is 5.92 Å². The molecular weight excluding hydrogens is 184 g/mol. The molecule has 1 aliphatic rings. The summed E-state index contributed by atoms with van der Waals surface area (Å²) in [7, 11) is 1.77. The summed E-state index contributed by atoms with van der Waals surface area (Å²) in [6, 6.07) is 8.72. The van der Waals surface area contributed by atoms with Crippen molar-refractivity contribution in [3.8, 4) is 0 Å². The van der Waals surface area contributed by atoms with Crippen LogP contribution in [0.2, 0.25) is 0 Å². The summed E-state index contributed by atoms with van der Waals surface area (Å²) in [5.74, 6) is 0.497. The highest BCUT2D eigenvalue weighted by molar-refractivity contribution is 5.71. The molecule has 0 saturated carbocycles. The molecule has 1 aromatic rings. The zero-order valence-corrected chi connectivity index (χ0v) is 9.49. The maximum Gasteiger partial charge on any atom is 0.0528 e. The first-order chi connectivity index (χ1) is 7.33. The average molecular weight is 202 g/mol. The highest BCUT2D eigenvalue weighted by atomic mass is 16.5. The molecule has 80 valence electrons. The Morgan fingerprint density at radius 1 is 1.33 bits per heavy atom. The van der Waals surface area contributed by atoms with Gasteiger partial charge in [-0.1, -0.05) is 37.3 Å². The summed E-state index contributed by atoms with van der Waals surface area (Å²) in [6.07, 6.45) is 4.71. The summed E-state index contributed by atoms with van der Waals surface area (Å²) >= 11 is 0. The fourth-order valence-corrected chi connectivity index (χ4v) is 2.32. The highest BCUT2D eigenvalue weighted by Gasteiger charge is 2.16. The lowest BCUT2D eigenvalue weighted by atomic mass is 9.85. The summed E-state index contributed by atoms with van der Waals surface area (Å²) in [4.78, 5) is 0. The van der Waals surface area contributed by atoms with Crippen LogP contribution >= 0.6 is 0 Å². The molecule has 0 amide bonds. The van der Waals surface area contributed by atoms with Gasteiger partial charge in [0.25, 0.3) is 0 Å². The summed E-state index contributed by atoms with van der Waals surface area (Å²) in [5.41, 5.74) is 4.37. The van der Waals surface area contributed by atoms with Crippen LogP contribution in [-0.4, -0.2) is 13.7 Å². The van der Waals surface area contributed by atoms with E-state index in [1.807, 2.05) is 0 Å². The number of hydrogen-bond acceptors (Lipinski definition) is 1. The van der Waals surface area contributed by atoms with Crippen molar-refractivity contribution in [2.75, 3.05) is 13.7 Å². The van der Waals surface area contributed by atoms with Gasteiger partial charge < -0.3 is 4.74 Å². The molecule has 0 aliphatic heterocycles. The molecule has 1 nitrogen and oxygen atoms in total. The van der Waals surface area contributed by atoms with Gasteiger partial charge in [-0.15, -0.1) is 0 Å². The number of allylic oxidation sites excluding steroid dienone is 1. The molecule has 0 spiro atoms. The zero-order chi connectivity index (χ0) is 10.7. The van der Waals surface area contributed by atoms with Gasteiger partial charge in [0.1, 0.15) is 0 Å². The first-order valence-electron chi connectivity index (χ1n) is 5.60. The van der Waals surface area contributed by atoms with Crippen LogP contribution in [0.25, 0.3) is 5.57 Å².